The average molecular weight is 194 g/mol. The van der Waals surface area contributed by atoms with E-state index < -0.39 is 0 Å². The van der Waals surface area contributed by atoms with Gasteiger partial charge in [-0.05, 0) is 18.9 Å². The lowest BCUT2D eigenvalue weighted by Crippen LogP contribution is -1.75. The fraction of sp³-hybridized carbons (Fsp3) is 0.538. The second-order valence-electron chi connectivity index (χ2n) is 3.36. The van der Waals surface area contributed by atoms with Gasteiger partial charge < -0.3 is 5.11 Å². The van der Waals surface area contributed by atoms with E-state index >= 15 is 0 Å². The maximum absolute atomic E-state index is 8.33. The Kier molecular flexibility index (Phi) is 11.2. The van der Waals surface area contributed by atoms with Crippen LogP contribution < -0.4 is 0 Å². The maximum Gasteiger partial charge on any atom is 0.0791 e. The molecule has 0 radical (unpaired) electrons. The molecule has 1 heteroatoms. The van der Waals surface area contributed by atoms with Crippen molar-refractivity contribution in [3.8, 4) is 0 Å². The molecule has 0 aromatic heterocycles. The topological polar surface area (TPSA) is 20.2 Å². The van der Waals surface area contributed by atoms with Crippen molar-refractivity contribution in [3.63, 3.8) is 0 Å². The third-order valence-corrected chi connectivity index (χ3v) is 2.03. The van der Waals surface area contributed by atoms with Gasteiger partial charge in [0.15, 0.2) is 0 Å². The quantitative estimate of drug-likeness (QED) is 0.342. The van der Waals surface area contributed by atoms with E-state index in [0.717, 1.165) is 12.7 Å². The first-order chi connectivity index (χ1) is 6.91. The van der Waals surface area contributed by atoms with Gasteiger partial charge in [-0.15, -0.1) is 0 Å². The van der Waals surface area contributed by atoms with E-state index in [1.807, 2.05) is 18.2 Å². The van der Waals surface area contributed by atoms with Crippen LogP contribution in [-0.4, -0.2) is 5.11 Å². The van der Waals surface area contributed by atoms with Crippen molar-refractivity contribution in [3.05, 3.63) is 36.6 Å². The van der Waals surface area contributed by atoms with Crippen molar-refractivity contribution in [2.75, 3.05) is 0 Å². The highest BCUT2D eigenvalue weighted by Crippen LogP contribution is 2.05. The SMILES string of the molecule is CCCCCCC/C=C/C=C\C=C\O. The molecular formula is C13H22O. The van der Waals surface area contributed by atoms with Crippen molar-refractivity contribution < 1.29 is 5.11 Å². The van der Waals surface area contributed by atoms with E-state index in [-0.39, 0.29) is 0 Å². The fourth-order valence-corrected chi connectivity index (χ4v) is 1.22. The summed E-state index contributed by atoms with van der Waals surface area (Å²) in [6.07, 6.45) is 18.4. The lowest BCUT2D eigenvalue weighted by Gasteiger charge is -1.95. The zero-order chi connectivity index (χ0) is 10.5. The Morgan fingerprint density at radius 2 is 1.57 bits per heavy atom. The second-order valence-corrected chi connectivity index (χ2v) is 3.36. The smallest absolute Gasteiger partial charge is 0.0791 e. The van der Waals surface area contributed by atoms with Crippen LogP contribution in [0.15, 0.2) is 36.6 Å². The number of hydrogen-bond acceptors (Lipinski definition) is 1. The zero-order valence-corrected chi connectivity index (χ0v) is 9.15. The molecule has 0 aliphatic heterocycles. The number of hydrogen-bond donors (Lipinski definition) is 1. The molecule has 0 aromatic rings. The second kappa shape index (κ2) is 12.0. The van der Waals surface area contributed by atoms with E-state index in [4.69, 9.17) is 5.11 Å². The van der Waals surface area contributed by atoms with Gasteiger partial charge in [-0.25, -0.2) is 0 Å². The molecule has 0 amide bonds. The van der Waals surface area contributed by atoms with Gasteiger partial charge in [-0.3, -0.25) is 0 Å². The Balaban J connectivity index is 3.18. The molecule has 0 spiro atoms. The van der Waals surface area contributed by atoms with Crippen molar-refractivity contribution in [1.29, 1.82) is 0 Å². The van der Waals surface area contributed by atoms with Gasteiger partial charge in [0, 0.05) is 0 Å². The van der Waals surface area contributed by atoms with Gasteiger partial charge in [0.2, 0.25) is 0 Å². The molecule has 14 heavy (non-hydrogen) atoms. The minimum Gasteiger partial charge on any atom is -0.516 e. The van der Waals surface area contributed by atoms with Gasteiger partial charge in [0.25, 0.3) is 0 Å². The number of allylic oxidation sites excluding steroid dienone is 5. The zero-order valence-electron chi connectivity index (χ0n) is 9.15. The predicted octanol–water partition coefficient (Wildman–Crippen LogP) is 4.53. The Hall–Kier alpha value is -0.980. The Bertz CT molecular complexity index is 178. The number of aliphatic hydroxyl groups excluding tert-OH is 1. The lowest BCUT2D eigenvalue weighted by molar-refractivity contribution is 0.474. The fourth-order valence-electron chi connectivity index (χ4n) is 1.22. The van der Waals surface area contributed by atoms with E-state index in [1.54, 1.807) is 6.08 Å². The van der Waals surface area contributed by atoms with E-state index in [1.165, 1.54) is 32.1 Å². The van der Waals surface area contributed by atoms with Gasteiger partial charge in [0.1, 0.15) is 0 Å². The Labute approximate surface area is 87.8 Å². The first-order valence-corrected chi connectivity index (χ1v) is 5.54. The Morgan fingerprint density at radius 3 is 2.29 bits per heavy atom. The first-order valence-electron chi connectivity index (χ1n) is 5.54. The van der Waals surface area contributed by atoms with Gasteiger partial charge in [-0.1, -0.05) is 56.9 Å². The van der Waals surface area contributed by atoms with Crippen LogP contribution in [0, 0.1) is 0 Å². The summed E-state index contributed by atoms with van der Waals surface area (Å²) in [5, 5.41) is 8.33. The van der Waals surface area contributed by atoms with E-state index in [0.29, 0.717) is 0 Å². The molecule has 0 atom stereocenters. The Morgan fingerprint density at radius 1 is 0.857 bits per heavy atom. The summed E-state index contributed by atoms with van der Waals surface area (Å²) in [6, 6.07) is 0. The van der Waals surface area contributed by atoms with Gasteiger partial charge in [-0.2, -0.15) is 0 Å². The summed E-state index contributed by atoms with van der Waals surface area (Å²) in [4.78, 5) is 0. The summed E-state index contributed by atoms with van der Waals surface area (Å²) < 4.78 is 0. The van der Waals surface area contributed by atoms with E-state index in [2.05, 4.69) is 13.0 Å². The van der Waals surface area contributed by atoms with Crippen LogP contribution in [0.1, 0.15) is 45.4 Å². The van der Waals surface area contributed by atoms with Gasteiger partial charge >= 0.3 is 0 Å². The lowest BCUT2D eigenvalue weighted by atomic mass is 10.1. The maximum atomic E-state index is 8.33. The molecule has 0 aliphatic rings. The summed E-state index contributed by atoms with van der Waals surface area (Å²) in [7, 11) is 0. The molecule has 80 valence electrons. The third kappa shape index (κ3) is 11.0. The standard InChI is InChI=1S/C13H22O/c1-2-3-4-5-6-7-8-9-10-11-12-13-14/h8-14H,2-7H2,1H3/b9-8+,11-10-,13-12+. The minimum absolute atomic E-state index is 1.04. The molecule has 1 nitrogen and oxygen atoms in total. The highest BCUT2D eigenvalue weighted by atomic mass is 16.2. The number of aliphatic hydroxyl groups is 1. The van der Waals surface area contributed by atoms with Crippen molar-refractivity contribution in [2.45, 2.75) is 45.4 Å². The molecule has 0 saturated carbocycles. The monoisotopic (exact) mass is 194 g/mol. The number of unbranched alkanes of at least 4 members (excludes halogenated alkanes) is 5. The van der Waals surface area contributed by atoms with Crippen LogP contribution in [0.2, 0.25) is 0 Å². The summed E-state index contributed by atoms with van der Waals surface area (Å²) in [5.74, 6) is 0. The highest BCUT2D eigenvalue weighted by Gasteiger charge is 1.85. The molecule has 0 heterocycles. The number of rotatable bonds is 8. The molecule has 0 rings (SSSR count). The van der Waals surface area contributed by atoms with Crippen LogP contribution in [0.5, 0.6) is 0 Å². The minimum atomic E-state index is 1.04. The molecule has 0 bridgehead atoms. The van der Waals surface area contributed by atoms with Crippen LogP contribution >= 0.6 is 0 Å². The molecule has 0 aliphatic carbocycles. The van der Waals surface area contributed by atoms with Gasteiger partial charge in [0.05, 0.1) is 6.26 Å². The molecule has 0 aromatic carbocycles. The summed E-state index contributed by atoms with van der Waals surface area (Å²) in [5.41, 5.74) is 0. The van der Waals surface area contributed by atoms with E-state index in [9.17, 15) is 0 Å². The van der Waals surface area contributed by atoms with Crippen LogP contribution in [0.3, 0.4) is 0 Å². The molecule has 0 saturated heterocycles. The van der Waals surface area contributed by atoms with Crippen LogP contribution in [0.25, 0.3) is 0 Å². The first kappa shape index (κ1) is 13.0. The predicted molar refractivity (Wildman–Crippen MR) is 63.4 cm³/mol. The van der Waals surface area contributed by atoms with Crippen molar-refractivity contribution in [1.82, 2.24) is 0 Å². The average Bonchev–Trinajstić information content (AvgIpc) is 2.21. The molecular weight excluding hydrogens is 172 g/mol. The van der Waals surface area contributed by atoms with Crippen molar-refractivity contribution >= 4 is 0 Å². The molecule has 1 N–H and O–H groups in total. The normalized spacial score (nSPS) is 12.4. The van der Waals surface area contributed by atoms with Crippen molar-refractivity contribution in [2.24, 2.45) is 0 Å². The summed E-state index contributed by atoms with van der Waals surface area (Å²) in [6.45, 7) is 2.24. The largest absolute Gasteiger partial charge is 0.516 e. The summed E-state index contributed by atoms with van der Waals surface area (Å²) >= 11 is 0. The van der Waals surface area contributed by atoms with Crippen LogP contribution in [-0.2, 0) is 0 Å². The highest BCUT2D eigenvalue weighted by molar-refractivity contribution is 5.09. The van der Waals surface area contributed by atoms with Crippen LogP contribution in [0.4, 0.5) is 0 Å². The molecule has 0 unspecified atom stereocenters. The third-order valence-electron chi connectivity index (χ3n) is 2.03. The molecule has 0 fully saturated rings.